The van der Waals surface area contributed by atoms with Gasteiger partial charge in [0.15, 0.2) is 0 Å². The Morgan fingerprint density at radius 2 is 2.16 bits per heavy atom. The van der Waals surface area contributed by atoms with Crippen molar-refractivity contribution in [1.82, 2.24) is 15.1 Å². The van der Waals surface area contributed by atoms with E-state index in [-0.39, 0.29) is 5.91 Å². The number of nitrogens with zero attached hydrogens (tertiary/aromatic N) is 2. The summed E-state index contributed by atoms with van der Waals surface area (Å²) in [6.07, 6.45) is 2.00. The molecule has 1 amide bonds. The fourth-order valence-electron chi connectivity index (χ4n) is 3.13. The van der Waals surface area contributed by atoms with Crippen LogP contribution in [0.3, 0.4) is 0 Å². The van der Waals surface area contributed by atoms with Gasteiger partial charge in [-0.15, -0.1) is 0 Å². The van der Waals surface area contributed by atoms with Crippen LogP contribution in [-0.2, 0) is 42.4 Å². The van der Waals surface area contributed by atoms with Crippen LogP contribution < -0.4 is 10.1 Å². The summed E-state index contributed by atoms with van der Waals surface area (Å²) in [5.41, 5.74) is 4.44. The Balaban J connectivity index is 1.48. The SMILES string of the molecule is CCOc1ccc(CC(=O)NCCc2nn(C)c3c2COCC3)cc1. The van der Waals surface area contributed by atoms with Crippen molar-refractivity contribution in [3.05, 3.63) is 46.8 Å². The fraction of sp³-hybridized carbons (Fsp3) is 0.474. The van der Waals surface area contributed by atoms with E-state index in [0.29, 0.717) is 26.2 Å². The lowest BCUT2D eigenvalue weighted by molar-refractivity contribution is -0.120. The summed E-state index contributed by atoms with van der Waals surface area (Å²) >= 11 is 0. The zero-order chi connectivity index (χ0) is 17.6. The molecule has 0 bridgehead atoms. The molecule has 0 atom stereocenters. The summed E-state index contributed by atoms with van der Waals surface area (Å²) in [6.45, 7) is 4.55. The molecule has 1 N–H and O–H groups in total. The lowest BCUT2D eigenvalue weighted by Crippen LogP contribution is -2.27. The van der Waals surface area contributed by atoms with Gasteiger partial charge in [-0.25, -0.2) is 0 Å². The normalized spacial score (nSPS) is 13.4. The number of aromatic nitrogens is 2. The molecule has 0 aliphatic carbocycles. The van der Waals surface area contributed by atoms with E-state index in [1.54, 1.807) is 0 Å². The molecule has 134 valence electrons. The largest absolute Gasteiger partial charge is 0.494 e. The van der Waals surface area contributed by atoms with Crippen LogP contribution in [0.5, 0.6) is 5.75 Å². The summed E-state index contributed by atoms with van der Waals surface area (Å²) in [4.78, 5) is 12.1. The van der Waals surface area contributed by atoms with Gasteiger partial charge in [0.2, 0.25) is 5.91 Å². The van der Waals surface area contributed by atoms with Gasteiger partial charge in [-0.3, -0.25) is 9.48 Å². The summed E-state index contributed by atoms with van der Waals surface area (Å²) in [5, 5.41) is 7.55. The van der Waals surface area contributed by atoms with E-state index < -0.39 is 0 Å². The smallest absolute Gasteiger partial charge is 0.224 e. The number of carbonyl (C=O) groups excluding carboxylic acids is 1. The number of amides is 1. The maximum atomic E-state index is 12.1. The predicted molar refractivity (Wildman–Crippen MR) is 94.6 cm³/mol. The lowest BCUT2D eigenvalue weighted by Gasteiger charge is -2.13. The zero-order valence-electron chi connectivity index (χ0n) is 14.9. The molecule has 1 aliphatic rings. The number of hydrogen-bond donors (Lipinski definition) is 1. The molecule has 1 aliphatic heterocycles. The highest BCUT2D eigenvalue weighted by Crippen LogP contribution is 2.20. The zero-order valence-corrected chi connectivity index (χ0v) is 14.9. The van der Waals surface area contributed by atoms with Crippen molar-refractivity contribution in [2.24, 2.45) is 7.05 Å². The summed E-state index contributed by atoms with van der Waals surface area (Å²) in [5.74, 6) is 0.846. The first kappa shape index (κ1) is 17.5. The van der Waals surface area contributed by atoms with E-state index in [2.05, 4.69) is 10.4 Å². The van der Waals surface area contributed by atoms with Crippen molar-refractivity contribution in [1.29, 1.82) is 0 Å². The second kappa shape index (κ2) is 8.16. The van der Waals surface area contributed by atoms with Crippen LogP contribution in [0.25, 0.3) is 0 Å². The van der Waals surface area contributed by atoms with Crippen molar-refractivity contribution in [2.45, 2.75) is 32.8 Å². The molecular weight excluding hydrogens is 318 g/mol. The molecule has 25 heavy (non-hydrogen) atoms. The second-order valence-electron chi connectivity index (χ2n) is 6.15. The van der Waals surface area contributed by atoms with Crippen LogP contribution in [0, 0.1) is 0 Å². The summed E-state index contributed by atoms with van der Waals surface area (Å²) < 4.78 is 12.9. The number of rotatable bonds is 7. The van der Waals surface area contributed by atoms with Gasteiger partial charge in [0, 0.05) is 37.7 Å². The van der Waals surface area contributed by atoms with E-state index in [4.69, 9.17) is 9.47 Å². The third-order valence-electron chi connectivity index (χ3n) is 4.37. The number of ether oxygens (including phenoxy) is 2. The molecule has 6 heteroatoms. The van der Waals surface area contributed by atoms with Crippen LogP contribution in [0.15, 0.2) is 24.3 Å². The molecule has 0 saturated heterocycles. The van der Waals surface area contributed by atoms with E-state index in [9.17, 15) is 4.79 Å². The molecule has 6 nitrogen and oxygen atoms in total. The highest BCUT2D eigenvalue weighted by Gasteiger charge is 2.19. The van der Waals surface area contributed by atoms with Crippen LogP contribution in [-0.4, -0.2) is 35.4 Å². The average Bonchev–Trinajstić information content (AvgIpc) is 2.93. The van der Waals surface area contributed by atoms with E-state index in [0.717, 1.165) is 36.5 Å². The Labute approximate surface area is 148 Å². The van der Waals surface area contributed by atoms with E-state index >= 15 is 0 Å². The fourth-order valence-corrected chi connectivity index (χ4v) is 3.13. The van der Waals surface area contributed by atoms with Crippen LogP contribution >= 0.6 is 0 Å². The Morgan fingerprint density at radius 1 is 1.36 bits per heavy atom. The van der Waals surface area contributed by atoms with Crippen molar-refractivity contribution in [2.75, 3.05) is 19.8 Å². The van der Waals surface area contributed by atoms with Crippen LogP contribution in [0.1, 0.15) is 29.4 Å². The lowest BCUT2D eigenvalue weighted by atomic mass is 10.1. The molecule has 0 unspecified atom stereocenters. The third kappa shape index (κ3) is 4.39. The average molecular weight is 343 g/mol. The van der Waals surface area contributed by atoms with Gasteiger partial charge in [-0.1, -0.05) is 12.1 Å². The minimum absolute atomic E-state index is 0.0187. The molecule has 2 heterocycles. The highest BCUT2D eigenvalue weighted by atomic mass is 16.5. The molecule has 0 fully saturated rings. The molecule has 0 radical (unpaired) electrons. The molecule has 2 aromatic rings. The van der Waals surface area contributed by atoms with Gasteiger partial charge in [-0.05, 0) is 24.6 Å². The maximum absolute atomic E-state index is 12.1. The molecule has 1 aromatic heterocycles. The topological polar surface area (TPSA) is 65.4 Å². The van der Waals surface area contributed by atoms with Crippen LogP contribution in [0.4, 0.5) is 0 Å². The van der Waals surface area contributed by atoms with Crippen molar-refractivity contribution in [3.63, 3.8) is 0 Å². The Hall–Kier alpha value is -2.34. The number of aryl methyl sites for hydroxylation is 1. The second-order valence-corrected chi connectivity index (χ2v) is 6.15. The van der Waals surface area contributed by atoms with Crippen molar-refractivity contribution in [3.8, 4) is 5.75 Å². The standard InChI is InChI=1S/C19H25N3O3/c1-3-25-15-6-4-14(5-7-15)12-19(23)20-10-8-17-16-13-24-11-9-18(16)22(2)21-17/h4-7H,3,8-13H2,1-2H3,(H,20,23). The van der Waals surface area contributed by atoms with Crippen molar-refractivity contribution < 1.29 is 14.3 Å². The van der Waals surface area contributed by atoms with Gasteiger partial charge in [0.25, 0.3) is 0 Å². The van der Waals surface area contributed by atoms with E-state index in [1.807, 2.05) is 42.9 Å². The van der Waals surface area contributed by atoms with Gasteiger partial charge in [0.05, 0.1) is 31.9 Å². The molecular formula is C19H25N3O3. The third-order valence-corrected chi connectivity index (χ3v) is 4.37. The maximum Gasteiger partial charge on any atom is 0.224 e. The van der Waals surface area contributed by atoms with Crippen molar-refractivity contribution >= 4 is 5.91 Å². The Morgan fingerprint density at radius 3 is 2.92 bits per heavy atom. The number of nitrogens with one attached hydrogen (secondary N) is 1. The Bertz CT molecular complexity index is 722. The van der Waals surface area contributed by atoms with Gasteiger partial charge >= 0.3 is 0 Å². The number of benzene rings is 1. The molecule has 0 saturated carbocycles. The molecule has 0 spiro atoms. The highest BCUT2D eigenvalue weighted by molar-refractivity contribution is 5.78. The predicted octanol–water partition coefficient (Wildman–Crippen LogP) is 1.79. The van der Waals surface area contributed by atoms with Gasteiger partial charge < -0.3 is 14.8 Å². The first-order valence-corrected chi connectivity index (χ1v) is 8.77. The summed E-state index contributed by atoms with van der Waals surface area (Å²) in [7, 11) is 1.97. The number of hydrogen-bond acceptors (Lipinski definition) is 4. The van der Waals surface area contributed by atoms with Gasteiger partial charge in [-0.2, -0.15) is 5.10 Å². The minimum Gasteiger partial charge on any atom is -0.494 e. The molecule has 1 aromatic carbocycles. The van der Waals surface area contributed by atoms with Crippen LogP contribution in [0.2, 0.25) is 0 Å². The quantitative estimate of drug-likeness (QED) is 0.832. The molecule has 3 rings (SSSR count). The summed E-state index contributed by atoms with van der Waals surface area (Å²) in [6, 6.07) is 7.65. The van der Waals surface area contributed by atoms with Gasteiger partial charge in [0.1, 0.15) is 5.75 Å². The Kier molecular flexibility index (Phi) is 5.71. The number of fused-ring (bicyclic) bond motifs is 1. The number of carbonyl (C=O) groups is 1. The minimum atomic E-state index is 0.0187. The first-order chi connectivity index (χ1) is 12.2. The first-order valence-electron chi connectivity index (χ1n) is 8.77. The van der Waals surface area contributed by atoms with E-state index in [1.165, 1.54) is 11.3 Å². The monoisotopic (exact) mass is 343 g/mol.